The van der Waals surface area contributed by atoms with Gasteiger partial charge in [-0.3, -0.25) is 0 Å². The predicted molar refractivity (Wildman–Crippen MR) is 76.7 cm³/mol. The molecule has 0 bridgehead atoms. The van der Waals surface area contributed by atoms with Crippen molar-refractivity contribution in [3.8, 4) is 6.07 Å². The Morgan fingerprint density at radius 1 is 1.10 bits per heavy atom. The molecule has 1 aliphatic rings. The van der Waals surface area contributed by atoms with E-state index in [1.165, 1.54) is 17.7 Å². The smallest absolute Gasteiger partial charge is 0.151 e. The molecule has 0 spiro atoms. The molecule has 2 aromatic carbocycles. The molecule has 1 atom stereocenters. The van der Waals surface area contributed by atoms with E-state index in [4.69, 9.17) is 0 Å². The van der Waals surface area contributed by atoms with Gasteiger partial charge in [0.2, 0.25) is 0 Å². The average Bonchev–Trinajstić information content (AvgIpc) is 2.50. The van der Waals surface area contributed by atoms with E-state index in [0.717, 1.165) is 30.5 Å². The van der Waals surface area contributed by atoms with Crippen LogP contribution in [0.4, 0.5) is 10.1 Å². The molecule has 0 saturated heterocycles. The summed E-state index contributed by atoms with van der Waals surface area (Å²) in [7, 11) is 0. The van der Waals surface area contributed by atoms with Crippen molar-refractivity contribution < 1.29 is 4.39 Å². The van der Waals surface area contributed by atoms with Gasteiger partial charge in [-0.25, -0.2) is 4.39 Å². The molecule has 0 heterocycles. The molecular formula is C17H15FN2. The first-order chi connectivity index (χ1) is 9.73. The molecule has 0 aromatic heterocycles. The first-order valence-electron chi connectivity index (χ1n) is 6.77. The van der Waals surface area contributed by atoms with Gasteiger partial charge in [0.25, 0.3) is 0 Å². The average molecular weight is 266 g/mol. The Balaban J connectivity index is 2.01. The van der Waals surface area contributed by atoms with Crippen LogP contribution in [-0.2, 0) is 12.0 Å². The summed E-state index contributed by atoms with van der Waals surface area (Å²) in [5, 5.41) is 13.0. The highest BCUT2D eigenvalue weighted by molar-refractivity contribution is 5.53. The Labute approximate surface area is 117 Å². The van der Waals surface area contributed by atoms with Gasteiger partial charge >= 0.3 is 0 Å². The number of hydrogen-bond acceptors (Lipinski definition) is 2. The minimum absolute atomic E-state index is 0.273. The van der Waals surface area contributed by atoms with Crippen molar-refractivity contribution in [3.63, 3.8) is 0 Å². The highest BCUT2D eigenvalue weighted by Crippen LogP contribution is 2.37. The maximum absolute atomic E-state index is 13.0. The third-order valence-electron chi connectivity index (χ3n) is 3.87. The first kappa shape index (κ1) is 12.7. The maximum Gasteiger partial charge on any atom is 0.151 e. The van der Waals surface area contributed by atoms with Crippen molar-refractivity contribution in [2.24, 2.45) is 0 Å². The highest BCUT2D eigenvalue weighted by Gasteiger charge is 2.36. The Bertz CT molecular complexity index is 657. The van der Waals surface area contributed by atoms with Crippen LogP contribution in [0.5, 0.6) is 0 Å². The lowest BCUT2D eigenvalue weighted by Crippen LogP contribution is -2.37. The van der Waals surface area contributed by atoms with E-state index in [1.807, 2.05) is 18.2 Å². The van der Waals surface area contributed by atoms with Crippen LogP contribution >= 0.6 is 0 Å². The van der Waals surface area contributed by atoms with Gasteiger partial charge in [0.1, 0.15) is 5.82 Å². The zero-order chi connectivity index (χ0) is 14.0. The van der Waals surface area contributed by atoms with Crippen molar-refractivity contribution >= 4 is 5.69 Å². The van der Waals surface area contributed by atoms with Crippen LogP contribution < -0.4 is 5.32 Å². The second-order valence-electron chi connectivity index (χ2n) is 5.16. The molecule has 0 amide bonds. The predicted octanol–water partition coefficient (Wildman–Crippen LogP) is 3.99. The number of anilines is 1. The maximum atomic E-state index is 13.0. The van der Waals surface area contributed by atoms with Gasteiger partial charge in [-0.2, -0.15) is 5.26 Å². The van der Waals surface area contributed by atoms with Gasteiger partial charge in [0.05, 0.1) is 6.07 Å². The number of nitrogens with zero attached hydrogens (tertiary/aromatic N) is 1. The van der Waals surface area contributed by atoms with Crippen molar-refractivity contribution in [1.82, 2.24) is 0 Å². The first-order valence-corrected chi connectivity index (χ1v) is 6.77. The minimum Gasteiger partial charge on any atom is -0.364 e. The van der Waals surface area contributed by atoms with Gasteiger partial charge in [-0.15, -0.1) is 0 Å². The molecule has 0 saturated carbocycles. The SMILES string of the molecule is N#CC1(Nc2ccc(F)cc2)CCCc2ccccc21. The number of benzene rings is 2. The number of hydrogen-bond donors (Lipinski definition) is 1. The fourth-order valence-electron chi connectivity index (χ4n) is 2.89. The number of nitriles is 1. The topological polar surface area (TPSA) is 35.8 Å². The van der Waals surface area contributed by atoms with E-state index < -0.39 is 5.54 Å². The quantitative estimate of drug-likeness (QED) is 0.892. The van der Waals surface area contributed by atoms with Crippen molar-refractivity contribution in [2.75, 3.05) is 5.32 Å². The molecule has 0 radical (unpaired) electrons. The van der Waals surface area contributed by atoms with E-state index >= 15 is 0 Å². The van der Waals surface area contributed by atoms with Crippen LogP contribution in [0.3, 0.4) is 0 Å². The van der Waals surface area contributed by atoms with Crippen LogP contribution in [0, 0.1) is 17.1 Å². The lowest BCUT2D eigenvalue weighted by Gasteiger charge is -2.35. The van der Waals surface area contributed by atoms with Crippen molar-refractivity contribution in [3.05, 3.63) is 65.5 Å². The molecule has 1 unspecified atom stereocenters. The number of fused-ring (bicyclic) bond motifs is 1. The molecule has 0 fully saturated rings. The van der Waals surface area contributed by atoms with E-state index in [9.17, 15) is 9.65 Å². The summed E-state index contributed by atoms with van der Waals surface area (Å²) in [5.41, 5.74) is 2.31. The fraction of sp³-hybridized carbons (Fsp3) is 0.235. The van der Waals surface area contributed by atoms with Crippen LogP contribution in [0.1, 0.15) is 24.0 Å². The van der Waals surface area contributed by atoms with Crippen molar-refractivity contribution in [2.45, 2.75) is 24.8 Å². The number of nitrogens with one attached hydrogen (secondary N) is 1. The van der Waals surface area contributed by atoms with Gasteiger partial charge in [0, 0.05) is 5.69 Å². The molecular weight excluding hydrogens is 251 g/mol. The van der Waals surface area contributed by atoms with Crippen LogP contribution in [-0.4, -0.2) is 0 Å². The summed E-state index contributed by atoms with van der Waals surface area (Å²) in [4.78, 5) is 0. The van der Waals surface area contributed by atoms with Crippen LogP contribution in [0.2, 0.25) is 0 Å². The molecule has 20 heavy (non-hydrogen) atoms. The zero-order valence-corrected chi connectivity index (χ0v) is 11.1. The highest BCUT2D eigenvalue weighted by atomic mass is 19.1. The lowest BCUT2D eigenvalue weighted by molar-refractivity contribution is 0.504. The van der Waals surface area contributed by atoms with Gasteiger partial charge in [-0.05, 0) is 54.7 Å². The van der Waals surface area contributed by atoms with E-state index in [1.54, 1.807) is 12.1 Å². The summed E-state index contributed by atoms with van der Waals surface area (Å²) in [6, 6.07) is 16.6. The second-order valence-corrected chi connectivity index (χ2v) is 5.16. The van der Waals surface area contributed by atoms with Gasteiger partial charge in [-0.1, -0.05) is 24.3 Å². The summed E-state index contributed by atoms with van der Waals surface area (Å²) in [6.07, 6.45) is 2.74. The minimum atomic E-state index is -0.716. The Morgan fingerprint density at radius 2 is 1.85 bits per heavy atom. The molecule has 2 nitrogen and oxygen atoms in total. The summed E-state index contributed by atoms with van der Waals surface area (Å²) >= 11 is 0. The molecule has 2 aromatic rings. The van der Waals surface area contributed by atoms with Crippen LogP contribution in [0.25, 0.3) is 0 Å². The molecule has 0 aliphatic heterocycles. The Kier molecular flexibility index (Phi) is 3.15. The fourth-order valence-corrected chi connectivity index (χ4v) is 2.89. The largest absolute Gasteiger partial charge is 0.364 e. The molecule has 1 aliphatic carbocycles. The van der Waals surface area contributed by atoms with Gasteiger partial charge < -0.3 is 5.32 Å². The lowest BCUT2D eigenvalue weighted by atomic mass is 9.77. The third kappa shape index (κ3) is 2.14. The second kappa shape index (κ2) is 4.97. The molecule has 1 N–H and O–H groups in total. The summed E-state index contributed by atoms with van der Waals surface area (Å²) < 4.78 is 13.0. The van der Waals surface area contributed by atoms with E-state index in [0.29, 0.717) is 0 Å². The van der Waals surface area contributed by atoms with Crippen LogP contribution in [0.15, 0.2) is 48.5 Å². The number of aryl methyl sites for hydroxylation is 1. The Morgan fingerprint density at radius 3 is 2.60 bits per heavy atom. The molecule has 3 rings (SSSR count). The Hall–Kier alpha value is -2.34. The number of halogens is 1. The van der Waals surface area contributed by atoms with E-state index in [2.05, 4.69) is 17.5 Å². The summed E-state index contributed by atoms with van der Waals surface area (Å²) in [5.74, 6) is -0.273. The summed E-state index contributed by atoms with van der Waals surface area (Å²) in [6.45, 7) is 0. The van der Waals surface area contributed by atoms with Crippen molar-refractivity contribution in [1.29, 1.82) is 5.26 Å². The monoisotopic (exact) mass is 266 g/mol. The number of rotatable bonds is 2. The normalized spacial score (nSPS) is 20.8. The standard InChI is InChI=1S/C17H15FN2/c18-14-7-9-15(10-8-14)20-17(12-19)11-3-5-13-4-1-2-6-16(13)17/h1-2,4,6-10,20H,3,5,11H2. The molecule has 3 heteroatoms. The van der Waals surface area contributed by atoms with E-state index in [-0.39, 0.29) is 5.82 Å². The third-order valence-corrected chi connectivity index (χ3v) is 3.87. The molecule has 100 valence electrons. The zero-order valence-electron chi connectivity index (χ0n) is 11.1. The van der Waals surface area contributed by atoms with Gasteiger partial charge in [0.15, 0.2) is 5.54 Å².